The van der Waals surface area contributed by atoms with Gasteiger partial charge in [0.25, 0.3) is 0 Å². The lowest BCUT2D eigenvalue weighted by Gasteiger charge is -2.16. The molecule has 106 valence electrons. The maximum Gasteiger partial charge on any atom is 0.123 e. The van der Waals surface area contributed by atoms with Crippen LogP contribution in [-0.4, -0.2) is 30.5 Å². The Balaban J connectivity index is 1.58. The lowest BCUT2D eigenvalue weighted by Crippen LogP contribution is -2.31. The van der Waals surface area contributed by atoms with Crippen LogP contribution in [0.3, 0.4) is 0 Å². The molecule has 1 saturated carbocycles. The highest BCUT2D eigenvalue weighted by Gasteiger charge is 2.16. The van der Waals surface area contributed by atoms with Crippen molar-refractivity contribution in [1.29, 1.82) is 0 Å². The summed E-state index contributed by atoms with van der Waals surface area (Å²) in [5, 5.41) is 12.9. The Kier molecular flexibility index (Phi) is 5.76. The summed E-state index contributed by atoms with van der Waals surface area (Å²) in [5.74, 6) is -0.228. The van der Waals surface area contributed by atoms with Gasteiger partial charge in [0.2, 0.25) is 0 Å². The molecule has 4 heteroatoms. The molecule has 1 atom stereocenters. The zero-order valence-corrected chi connectivity index (χ0v) is 11.1. The van der Waals surface area contributed by atoms with Gasteiger partial charge in [0.1, 0.15) is 5.82 Å². The van der Waals surface area contributed by atoms with Crippen molar-refractivity contribution in [2.45, 2.75) is 44.4 Å². The van der Waals surface area contributed by atoms with Gasteiger partial charge in [-0.2, -0.15) is 0 Å². The van der Waals surface area contributed by atoms with Crippen LogP contribution >= 0.6 is 0 Å². The Morgan fingerprint density at radius 3 is 2.63 bits per heavy atom. The average Bonchev–Trinajstić information content (AvgIpc) is 2.92. The molecule has 1 aromatic carbocycles. The van der Waals surface area contributed by atoms with Crippen molar-refractivity contribution in [3.63, 3.8) is 0 Å². The summed E-state index contributed by atoms with van der Waals surface area (Å²) in [6, 6.07) is 6.36. The van der Waals surface area contributed by atoms with E-state index in [2.05, 4.69) is 5.32 Å². The van der Waals surface area contributed by atoms with Gasteiger partial charge >= 0.3 is 0 Å². The van der Waals surface area contributed by atoms with Crippen molar-refractivity contribution in [3.05, 3.63) is 35.6 Å². The fraction of sp³-hybridized carbons (Fsp3) is 0.600. The molecule has 0 amide bonds. The van der Waals surface area contributed by atoms with Gasteiger partial charge in [0.15, 0.2) is 0 Å². The first-order valence-corrected chi connectivity index (χ1v) is 6.99. The number of benzene rings is 1. The molecular weight excluding hydrogens is 245 g/mol. The zero-order chi connectivity index (χ0) is 13.5. The normalized spacial score (nSPS) is 17.8. The average molecular weight is 267 g/mol. The van der Waals surface area contributed by atoms with E-state index in [4.69, 9.17) is 4.74 Å². The molecule has 0 heterocycles. The van der Waals surface area contributed by atoms with Crippen LogP contribution in [0.1, 0.15) is 31.2 Å². The van der Waals surface area contributed by atoms with Crippen molar-refractivity contribution in [2.24, 2.45) is 0 Å². The standard InChI is InChI=1S/C15H22FNO2/c16-13-7-5-12(6-8-13)9-17-10-14(18)11-19-15-3-1-2-4-15/h5-8,14-15,17-18H,1-4,9-11H2. The Morgan fingerprint density at radius 1 is 1.26 bits per heavy atom. The fourth-order valence-electron chi connectivity index (χ4n) is 2.35. The minimum absolute atomic E-state index is 0.228. The molecular formula is C15H22FNO2. The summed E-state index contributed by atoms with van der Waals surface area (Å²) in [6.45, 7) is 1.51. The van der Waals surface area contributed by atoms with Crippen molar-refractivity contribution in [1.82, 2.24) is 5.32 Å². The van der Waals surface area contributed by atoms with E-state index >= 15 is 0 Å². The van der Waals surface area contributed by atoms with Crippen LogP contribution < -0.4 is 5.32 Å². The molecule has 3 nitrogen and oxygen atoms in total. The van der Waals surface area contributed by atoms with Gasteiger partial charge < -0.3 is 15.2 Å². The molecule has 0 radical (unpaired) electrons. The summed E-state index contributed by atoms with van der Waals surface area (Å²) in [6.07, 6.45) is 4.58. The highest BCUT2D eigenvalue weighted by molar-refractivity contribution is 5.15. The molecule has 0 spiro atoms. The van der Waals surface area contributed by atoms with E-state index in [0.717, 1.165) is 18.4 Å². The maximum absolute atomic E-state index is 12.7. The minimum atomic E-state index is -0.485. The summed E-state index contributed by atoms with van der Waals surface area (Å²) < 4.78 is 18.4. The molecule has 2 rings (SSSR count). The van der Waals surface area contributed by atoms with Crippen LogP contribution in [-0.2, 0) is 11.3 Å². The number of aliphatic hydroxyl groups is 1. The quantitative estimate of drug-likeness (QED) is 0.796. The number of hydrogen-bond acceptors (Lipinski definition) is 3. The van der Waals surface area contributed by atoms with E-state index in [1.54, 1.807) is 12.1 Å². The molecule has 0 aromatic heterocycles. The lowest BCUT2D eigenvalue weighted by atomic mass is 10.2. The van der Waals surface area contributed by atoms with Gasteiger partial charge in [0, 0.05) is 13.1 Å². The smallest absolute Gasteiger partial charge is 0.123 e. The van der Waals surface area contributed by atoms with Crippen molar-refractivity contribution in [3.8, 4) is 0 Å². The molecule has 1 fully saturated rings. The summed E-state index contributed by atoms with van der Waals surface area (Å²) in [7, 11) is 0. The third-order valence-electron chi connectivity index (χ3n) is 3.45. The fourth-order valence-corrected chi connectivity index (χ4v) is 2.35. The number of rotatable bonds is 7. The number of hydrogen-bond donors (Lipinski definition) is 2. The second-order valence-electron chi connectivity index (χ2n) is 5.15. The molecule has 0 aliphatic heterocycles. The number of nitrogens with one attached hydrogen (secondary N) is 1. The van der Waals surface area contributed by atoms with Crippen LogP contribution in [0, 0.1) is 5.82 Å². The second-order valence-corrected chi connectivity index (χ2v) is 5.15. The largest absolute Gasteiger partial charge is 0.389 e. The van der Waals surface area contributed by atoms with E-state index in [1.807, 2.05) is 0 Å². The minimum Gasteiger partial charge on any atom is -0.389 e. The van der Waals surface area contributed by atoms with Gasteiger partial charge in [-0.3, -0.25) is 0 Å². The first-order chi connectivity index (χ1) is 9.24. The van der Waals surface area contributed by atoms with E-state index in [1.165, 1.54) is 25.0 Å². The Labute approximate surface area is 113 Å². The highest BCUT2D eigenvalue weighted by atomic mass is 19.1. The SMILES string of the molecule is OC(CNCc1ccc(F)cc1)COC1CCCC1. The Hall–Kier alpha value is -0.970. The summed E-state index contributed by atoms with van der Waals surface area (Å²) in [4.78, 5) is 0. The maximum atomic E-state index is 12.7. The second kappa shape index (κ2) is 7.58. The molecule has 2 N–H and O–H groups in total. The first kappa shape index (κ1) is 14.4. The highest BCUT2D eigenvalue weighted by Crippen LogP contribution is 2.20. The topological polar surface area (TPSA) is 41.5 Å². The van der Waals surface area contributed by atoms with Crippen molar-refractivity contribution >= 4 is 0 Å². The predicted octanol–water partition coefficient (Wildman–Crippen LogP) is 2.24. The van der Waals surface area contributed by atoms with Crippen molar-refractivity contribution in [2.75, 3.05) is 13.2 Å². The van der Waals surface area contributed by atoms with Crippen LogP contribution in [0.15, 0.2) is 24.3 Å². The van der Waals surface area contributed by atoms with Crippen LogP contribution in [0.4, 0.5) is 4.39 Å². The Morgan fingerprint density at radius 2 is 1.95 bits per heavy atom. The summed E-state index contributed by atoms with van der Waals surface area (Å²) in [5.41, 5.74) is 1.00. The molecule has 1 aliphatic rings. The third-order valence-corrected chi connectivity index (χ3v) is 3.45. The monoisotopic (exact) mass is 267 g/mol. The van der Waals surface area contributed by atoms with Crippen LogP contribution in [0.25, 0.3) is 0 Å². The van der Waals surface area contributed by atoms with Crippen LogP contribution in [0.5, 0.6) is 0 Å². The van der Waals surface area contributed by atoms with Gasteiger partial charge in [-0.1, -0.05) is 25.0 Å². The molecule has 1 unspecified atom stereocenters. The molecule has 19 heavy (non-hydrogen) atoms. The van der Waals surface area contributed by atoms with Crippen molar-refractivity contribution < 1.29 is 14.2 Å². The van der Waals surface area contributed by atoms with E-state index in [9.17, 15) is 9.50 Å². The number of ether oxygens (including phenoxy) is 1. The molecule has 0 bridgehead atoms. The van der Waals surface area contributed by atoms with E-state index < -0.39 is 6.10 Å². The van der Waals surface area contributed by atoms with E-state index in [-0.39, 0.29) is 5.82 Å². The number of halogens is 1. The Bertz CT molecular complexity index is 363. The molecule has 1 aromatic rings. The van der Waals surface area contributed by atoms with Gasteiger partial charge in [-0.05, 0) is 30.5 Å². The third kappa shape index (κ3) is 5.27. The molecule has 0 saturated heterocycles. The number of aliphatic hydroxyl groups excluding tert-OH is 1. The summed E-state index contributed by atoms with van der Waals surface area (Å²) >= 11 is 0. The van der Waals surface area contributed by atoms with Gasteiger partial charge in [-0.15, -0.1) is 0 Å². The van der Waals surface area contributed by atoms with Gasteiger partial charge in [0.05, 0.1) is 18.8 Å². The molecule has 1 aliphatic carbocycles. The predicted molar refractivity (Wildman–Crippen MR) is 72.3 cm³/mol. The van der Waals surface area contributed by atoms with Crippen LogP contribution in [0.2, 0.25) is 0 Å². The zero-order valence-electron chi connectivity index (χ0n) is 11.1. The first-order valence-electron chi connectivity index (χ1n) is 6.99. The lowest BCUT2D eigenvalue weighted by molar-refractivity contribution is -0.00549. The van der Waals surface area contributed by atoms with E-state index in [0.29, 0.717) is 25.8 Å². The van der Waals surface area contributed by atoms with Gasteiger partial charge in [-0.25, -0.2) is 4.39 Å².